The number of nitrogens with one attached hydrogen (secondary N) is 1. The summed E-state index contributed by atoms with van der Waals surface area (Å²) in [5.74, 6) is -0.106. The van der Waals surface area contributed by atoms with Crippen molar-refractivity contribution in [2.75, 3.05) is 0 Å². The molecule has 2 heterocycles. The second-order valence-corrected chi connectivity index (χ2v) is 8.94. The number of benzene rings is 1. The first kappa shape index (κ1) is 19.9. The first-order valence-electron chi connectivity index (χ1n) is 9.83. The number of hydrogen-bond donors (Lipinski definition) is 1. The zero-order valence-electron chi connectivity index (χ0n) is 16.9. The van der Waals surface area contributed by atoms with E-state index >= 15 is 0 Å². The fourth-order valence-electron chi connectivity index (χ4n) is 5.05. The minimum absolute atomic E-state index is 0.0446. The van der Waals surface area contributed by atoms with E-state index in [-0.39, 0.29) is 16.8 Å². The van der Waals surface area contributed by atoms with Crippen molar-refractivity contribution in [1.29, 1.82) is 0 Å². The second kappa shape index (κ2) is 6.28. The standard InChI is InChI=1S/C22H24F3N3O/c1-5-21(13-8-6-12(2)7-9-13)16-14(10-20(3,4)11-15(16)29)26-19-17(21)18(27-28-19)22(23,24)25/h6-9,19,26H,5,10-11H2,1-4H3. The number of nitrogens with zero attached hydrogens (tertiary/aromatic N) is 2. The highest BCUT2D eigenvalue weighted by molar-refractivity contribution is 6.01. The molecule has 7 heteroatoms. The largest absolute Gasteiger partial charge is 0.435 e. The Kier molecular flexibility index (Phi) is 4.30. The Bertz CT molecular complexity index is 970. The van der Waals surface area contributed by atoms with Crippen LogP contribution in [0, 0.1) is 12.3 Å². The fourth-order valence-corrected chi connectivity index (χ4v) is 5.05. The van der Waals surface area contributed by atoms with Crippen LogP contribution in [0.2, 0.25) is 0 Å². The van der Waals surface area contributed by atoms with Crippen LogP contribution in [0.4, 0.5) is 13.2 Å². The summed E-state index contributed by atoms with van der Waals surface area (Å²) >= 11 is 0. The lowest BCUT2D eigenvalue weighted by molar-refractivity contribution is -0.119. The van der Waals surface area contributed by atoms with Gasteiger partial charge in [-0.1, -0.05) is 50.6 Å². The average molecular weight is 403 g/mol. The number of aryl methyl sites for hydroxylation is 1. The van der Waals surface area contributed by atoms with E-state index < -0.39 is 23.5 Å². The first-order chi connectivity index (χ1) is 13.5. The quantitative estimate of drug-likeness (QED) is 0.709. The molecular weight excluding hydrogens is 379 g/mol. The Morgan fingerprint density at radius 1 is 1.17 bits per heavy atom. The van der Waals surface area contributed by atoms with E-state index in [2.05, 4.69) is 15.5 Å². The highest BCUT2D eigenvalue weighted by Gasteiger charge is 2.57. The van der Waals surface area contributed by atoms with Crippen molar-refractivity contribution in [3.63, 3.8) is 0 Å². The van der Waals surface area contributed by atoms with Gasteiger partial charge in [-0.05, 0) is 30.7 Å². The Morgan fingerprint density at radius 2 is 1.83 bits per heavy atom. The normalized spacial score (nSPS) is 28.4. The summed E-state index contributed by atoms with van der Waals surface area (Å²) in [6.07, 6.45) is -4.35. The summed E-state index contributed by atoms with van der Waals surface area (Å²) in [4.78, 5) is 13.3. The number of Topliss-reactive ketones (excluding diaryl/α,β-unsaturated/α-hetero) is 1. The molecule has 1 aromatic rings. The minimum Gasteiger partial charge on any atom is -0.362 e. The summed E-state index contributed by atoms with van der Waals surface area (Å²) in [7, 11) is 0. The molecule has 0 aromatic heterocycles. The molecule has 1 aromatic carbocycles. The van der Waals surface area contributed by atoms with Crippen molar-refractivity contribution < 1.29 is 18.0 Å². The monoisotopic (exact) mass is 403 g/mol. The fraction of sp³-hybridized carbons (Fsp3) is 0.500. The van der Waals surface area contributed by atoms with E-state index in [1.165, 1.54) is 0 Å². The summed E-state index contributed by atoms with van der Waals surface area (Å²) in [6, 6.07) is 7.41. The van der Waals surface area contributed by atoms with Gasteiger partial charge in [0.15, 0.2) is 17.6 Å². The maximum absolute atomic E-state index is 13.9. The van der Waals surface area contributed by atoms with E-state index in [4.69, 9.17) is 0 Å². The smallest absolute Gasteiger partial charge is 0.362 e. The topological polar surface area (TPSA) is 53.8 Å². The van der Waals surface area contributed by atoms with E-state index in [0.29, 0.717) is 36.1 Å². The van der Waals surface area contributed by atoms with Crippen LogP contribution in [0.15, 0.2) is 57.0 Å². The van der Waals surface area contributed by atoms with Gasteiger partial charge in [-0.3, -0.25) is 4.79 Å². The van der Waals surface area contributed by atoms with Crippen molar-refractivity contribution in [2.24, 2.45) is 15.6 Å². The minimum atomic E-state index is -4.64. The Hall–Kier alpha value is -2.44. The lowest BCUT2D eigenvalue weighted by Gasteiger charge is -2.48. The van der Waals surface area contributed by atoms with Crippen LogP contribution in [0.25, 0.3) is 0 Å². The number of allylic oxidation sites excluding steroid dienone is 3. The molecule has 29 heavy (non-hydrogen) atoms. The van der Waals surface area contributed by atoms with Crippen molar-refractivity contribution in [3.8, 4) is 0 Å². The molecular formula is C22H24F3N3O. The molecule has 154 valence electrons. The molecule has 1 N–H and O–H groups in total. The predicted octanol–water partition coefficient (Wildman–Crippen LogP) is 5.50. The molecule has 2 aliphatic heterocycles. The summed E-state index contributed by atoms with van der Waals surface area (Å²) in [6.45, 7) is 7.75. The van der Waals surface area contributed by atoms with Gasteiger partial charge in [-0.15, -0.1) is 5.11 Å². The van der Waals surface area contributed by atoms with Gasteiger partial charge >= 0.3 is 6.18 Å². The molecule has 0 bridgehead atoms. The number of ketones is 1. The number of azo groups is 1. The number of carbonyl (C=O) groups is 1. The number of fused-ring (bicyclic) bond motifs is 1. The van der Waals surface area contributed by atoms with Gasteiger partial charge in [-0.2, -0.15) is 18.3 Å². The maximum atomic E-state index is 13.9. The predicted molar refractivity (Wildman–Crippen MR) is 103 cm³/mol. The van der Waals surface area contributed by atoms with Gasteiger partial charge in [0.25, 0.3) is 0 Å². The van der Waals surface area contributed by atoms with Crippen LogP contribution < -0.4 is 5.32 Å². The van der Waals surface area contributed by atoms with Crippen molar-refractivity contribution in [2.45, 2.75) is 64.7 Å². The number of carbonyl (C=O) groups excluding carboxylic acids is 1. The first-order valence-corrected chi connectivity index (χ1v) is 9.83. The second-order valence-electron chi connectivity index (χ2n) is 8.94. The van der Waals surface area contributed by atoms with Gasteiger partial charge < -0.3 is 5.32 Å². The van der Waals surface area contributed by atoms with Crippen LogP contribution in [0.5, 0.6) is 0 Å². The Morgan fingerprint density at radius 3 is 2.41 bits per heavy atom. The van der Waals surface area contributed by atoms with Gasteiger partial charge in [-0.25, -0.2) is 0 Å². The van der Waals surface area contributed by atoms with Gasteiger partial charge in [0.2, 0.25) is 0 Å². The molecule has 0 spiro atoms. The molecule has 2 unspecified atom stereocenters. The lowest BCUT2D eigenvalue weighted by Crippen LogP contribution is -2.52. The van der Waals surface area contributed by atoms with E-state index in [1.54, 1.807) is 0 Å². The molecule has 3 aliphatic rings. The maximum Gasteiger partial charge on any atom is 0.435 e. The van der Waals surface area contributed by atoms with E-state index in [9.17, 15) is 18.0 Å². The lowest BCUT2D eigenvalue weighted by atomic mass is 9.58. The molecule has 4 nitrogen and oxygen atoms in total. The van der Waals surface area contributed by atoms with Gasteiger partial charge in [0.1, 0.15) is 0 Å². The van der Waals surface area contributed by atoms with E-state index in [1.807, 2.05) is 52.0 Å². The third kappa shape index (κ3) is 2.93. The van der Waals surface area contributed by atoms with Gasteiger partial charge in [0.05, 0.1) is 5.41 Å². The van der Waals surface area contributed by atoms with Crippen molar-refractivity contribution in [1.82, 2.24) is 5.32 Å². The Balaban J connectivity index is 2.07. The third-order valence-corrected chi connectivity index (χ3v) is 6.22. The van der Waals surface area contributed by atoms with Gasteiger partial charge in [0, 0.05) is 23.3 Å². The molecule has 0 fully saturated rings. The van der Waals surface area contributed by atoms with Crippen LogP contribution in [0.1, 0.15) is 51.2 Å². The van der Waals surface area contributed by atoms with Crippen LogP contribution >= 0.6 is 0 Å². The van der Waals surface area contributed by atoms with Crippen LogP contribution in [-0.2, 0) is 10.2 Å². The highest BCUT2D eigenvalue weighted by Crippen LogP contribution is 2.56. The van der Waals surface area contributed by atoms with Crippen molar-refractivity contribution >= 4 is 5.78 Å². The zero-order chi connectivity index (χ0) is 21.2. The summed E-state index contributed by atoms with van der Waals surface area (Å²) in [5.41, 5.74) is 0.432. The SMILES string of the molecule is CCC1(c2ccc(C)cc2)C2=C(CC(C)(C)CC2=O)NC2N=NC(C(F)(F)F)=C21. The number of alkyl halides is 3. The van der Waals surface area contributed by atoms with Crippen molar-refractivity contribution in [3.05, 3.63) is 57.9 Å². The number of hydrogen-bond acceptors (Lipinski definition) is 4. The summed E-state index contributed by atoms with van der Waals surface area (Å²) < 4.78 is 41.7. The highest BCUT2D eigenvalue weighted by atomic mass is 19.4. The van der Waals surface area contributed by atoms with Crippen LogP contribution in [-0.4, -0.2) is 18.1 Å². The molecule has 0 saturated carbocycles. The molecule has 1 aliphatic carbocycles. The molecule has 0 saturated heterocycles. The molecule has 0 radical (unpaired) electrons. The van der Waals surface area contributed by atoms with E-state index in [0.717, 1.165) is 5.56 Å². The molecule has 4 rings (SSSR count). The molecule has 0 amide bonds. The zero-order valence-corrected chi connectivity index (χ0v) is 16.9. The third-order valence-electron chi connectivity index (χ3n) is 6.22. The number of halogens is 3. The molecule has 2 atom stereocenters. The summed E-state index contributed by atoms with van der Waals surface area (Å²) in [5, 5.41) is 10.6. The average Bonchev–Trinajstić information content (AvgIpc) is 3.04. The number of rotatable bonds is 2. The van der Waals surface area contributed by atoms with Crippen LogP contribution in [0.3, 0.4) is 0 Å². The Labute approximate surface area is 168 Å².